The zero-order valence-corrected chi connectivity index (χ0v) is 19.7. The number of benzene rings is 1. The summed E-state index contributed by atoms with van der Waals surface area (Å²) in [5.74, 6) is 1.15. The first-order valence-corrected chi connectivity index (χ1v) is 13.1. The van der Waals surface area contributed by atoms with Crippen molar-refractivity contribution < 1.29 is 23.1 Å². The van der Waals surface area contributed by atoms with Crippen molar-refractivity contribution in [3.8, 4) is 5.75 Å². The van der Waals surface area contributed by atoms with Crippen molar-refractivity contribution in [1.29, 1.82) is 0 Å². The summed E-state index contributed by atoms with van der Waals surface area (Å²) in [6.07, 6.45) is 9.59. The van der Waals surface area contributed by atoms with Gasteiger partial charge in [0.05, 0.1) is 5.41 Å². The third-order valence-corrected chi connectivity index (χ3v) is 9.23. The van der Waals surface area contributed by atoms with E-state index in [4.69, 9.17) is 4.74 Å². The van der Waals surface area contributed by atoms with E-state index in [1.54, 1.807) is 0 Å². The maximum Gasteiger partial charge on any atom is 0.245 e. The molecular weight excluding hydrogens is 438 g/mol. The highest BCUT2D eigenvalue weighted by Crippen LogP contribution is 2.60. The van der Waals surface area contributed by atoms with Crippen LogP contribution in [0.25, 0.3) is 0 Å². The molecule has 2 amide bonds. The predicted octanol–water partition coefficient (Wildman–Crippen LogP) is 4.54. The average Bonchev–Trinajstić information content (AvgIpc) is 3.29. The first-order valence-electron chi connectivity index (χ1n) is 13.1. The Morgan fingerprint density at radius 2 is 1.56 bits per heavy atom. The monoisotopic (exact) mass is 472 g/mol. The molecule has 0 N–H and O–H groups in total. The summed E-state index contributed by atoms with van der Waals surface area (Å²) in [5, 5.41) is 0. The number of hydrogen-bond donors (Lipinski definition) is 0. The molecule has 2 aliphatic heterocycles. The number of likely N-dealkylation sites (tertiary alicyclic amines) is 2. The molecule has 2 heterocycles. The van der Waals surface area contributed by atoms with Crippen molar-refractivity contribution in [3.05, 3.63) is 29.8 Å². The maximum atomic E-state index is 13.9. The van der Waals surface area contributed by atoms with Gasteiger partial charge in [-0.05, 0) is 81.3 Å². The molecule has 7 heteroatoms. The molecule has 2 saturated heterocycles. The number of ether oxygens (including phenoxy) is 1. The maximum absolute atomic E-state index is 13.9. The molecule has 7 rings (SSSR count). The lowest BCUT2D eigenvalue weighted by atomic mass is 9.49. The molecule has 0 spiro atoms. The molecule has 5 nitrogen and oxygen atoms in total. The van der Waals surface area contributed by atoms with Crippen molar-refractivity contribution in [2.45, 2.75) is 76.4 Å². The Morgan fingerprint density at radius 1 is 0.912 bits per heavy atom. The number of nitrogens with zero attached hydrogens (tertiary/aromatic N) is 2. The largest absolute Gasteiger partial charge is 0.487 e. The van der Waals surface area contributed by atoms with Crippen LogP contribution < -0.4 is 4.74 Å². The Hall–Kier alpha value is -2.18. The van der Waals surface area contributed by atoms with Gasteiger partial charge < -0.3 is 14.5 Å². The van der Waals surface area contributed by atoms with E-state index in [-0.39, 0.29) is 35.1 Å². The van der Waals surface area contributed by atoms with E-state index in [2.05, 4.69) is 0 Å². The zero-order chi connectivity index (χ0) is 23.4. The third kappa shape index (κ3) is 3.89. The van der Waals surface area contributed by atoms with Crippen LogP contribution in [0.5, 0.6) is 5.75 Å². The number of halogens is 2. The first kappa shape index (κ1) is 22.3. The van der Waals surface area contributed by atoms with Crippen molar-refractivity contribution in [1.82, 2.24) is 9.80 Å². The lowest BCUT2D eigenvalue weighted by Crippen LogP contribution is -2.58. The van der Waals surface area contributed by atoms with Gasteiger partial charge in [-0.2, -0.15) is 0 Å². The highest BCUT2D eigenvalue weighted by atomic mass is 19.1. The van der Waals surface area contributed by atoms with E-state index in [0.29, 0.717) is 50.2 Å². The molecule has 184 valence electrons. The van der Waals surface area contributed by atoms with Gasteiger partial charge in [0.2, 0.25) is 11.8 Å². The highest BCUT2D eigenvalue weighted by Gasteiger charge is 2.57. The van der Waals surface area contributed by atoms with E-state index < -0.39 is 11.6 Å². The molecule has 4 aliphatic carbocycles. The van der Waals surface area contributed by atoms with Crippen molar-refractivity contribution in [2.75, 3.05) is 19.6 Å². The molecule has 6 fully saturated rings. The van der Waals surface area contributed by atoms with E-state index in [1.807, 2.05) is 9.80 Å². The van der Waals surface area contributed by atoms with Crippen molar-refractivity contribution in [2.24, 2.45) is 23.2 Å². The summed E-state index contributed by atoms with van der Waals surface area (Å²) in [5.41, 5.74) is -0.211. The minimum Gasteiger partial charge on any atom is -0.487 e. The van der Waals surface area contributed by atoms with Gasteiger partial charge in [0, 0.05) is 38.5 Å². The number of piperidine rings is 1. The van der Waals surface area contributed by atoms with E-state index in [9.17, 15) is 18.4 Å². The van der Waals surface area contributed by atoms with E-state index in [1.165, 1.54) is 31.4 Å². The smallest absolute Gasteiger partial charge is 0.245 e. The van der Waals surface area contributed by atoms with Crippen molar-refractivity contribution in [3.63, 3.8) is 0 Å². The lowest BCUT2D eigenvalue weighted by Gasteiger charge is -2.56. The molecule has 0 aromatic heterocycles. The number of amides is 2. The fraction of sp³-hybridized carbons (Fsp3) is 0.704. The quantitative estimate of drug-likeness (QED) is 0.647. The Balaban J connectivity index is 1.08. The van der Waals surface area contributed by atoms with Crippen LogP contribution in [0.1, 0.15) is 64.2 Å². The Kier molecular flexibility index (Phi) is 5.57. The van der Waals surface area contributed by atoms with Gasteiger partial charge in [0.25, 0.3) is 0 Å². The summed E-state index contributed by atoms with van der Waals surface area (Å²) in [6, 6.07) is 2.98. The van der Waals surface area contributed by atoms with E-state index in [0.717, 1.165) is 38.2 Å². The van der Waals surface area contributed by atoms with Crippen LogP contribution in [0, 0.1) is 34.8 Å². The molecule has 1 unspecified atom stereocenters. The molecular formula is C27H34F2N2O3. The lowest BCUT2D eigenvalue weighted by molar-refractivity contribution is -0.162. The van der Waals surface area contributed by atoms with Crippen LogP contribution in [0.4, 0.5) is 8.78 Å². The normalized spacial score (nSPS) is 35.1. The van der Waals surface area contributed by atoms with Gasteiger partial charge >= 0.3 is 0 Å². The van der Waals surface area contributed by atoms with E-state index >= 15 is 0 Å². The molecule has 1 aromatic carbocycles. The third-order valence-electron chi connectivity index (χ3n) is 9.23. The summed E-state index contributed by atoms with van der Waals surface area (Å²) >= 11 is 0. The van der Waals surface area contributed by atoms with Crippen LogP contribution in [-0.4, -0.2) is 53.4 Å². The number of rotatable bonds is 4. The fourth-order valence-electron chi connectivity index (χ4n) is 8.10. The zero-order valence-electron chi connectivity index (χ0n) is 19.7. The first-order chi connectivity index (χ1) is 16.4. The minimum atomic E-state index is -0.705. The molecule has 1 atom stereocenters. The summed E-state index contributed by atoms with van der Waals surface area (Å²) in [6.45, 7) is 1.75. The predicted molar refractivity (Wildman–Crippen MR) is 122 cm³/mol. The van der Waals surface area contributed by atoms with Crippen molar-refractivity contribution >= 4 is 11.8 Å². The van der Waals surface area contributed by atoms with Crippen LogP contribution in [-0.2, 0) is 9.59 Å². The molecule has 4 bridgehead atoms. The van der Waals surface area contributed by atoms with Gasteiger partial charge in [-0.1, -0.05) is 0 Å². The van der Waals surface area contributed by atoms with Gasteiger partial charge in [-0.3, -0.25) is 9.59 Å². The van der Waals surface area contributed by atoms with Crippen LogP contribution in [0.15, 0.2) is 18.2 Å². The van der Waals surface area contributed by atoms with Crippen LogP contribution >= 0.6 is 0 Å². The summed E-state index contributed by atoms with van der Waals surface area (Å²) < 4.78 is 32.8. The SMILES string of the molecule is O=C(C1CCCN1C(=O)C12CC3CC(CC(C3)C1)C2)N1CCC(Oc2ccc(F)cc2F)CC1. The van der Waals surface area contributed by atoms with Gasteiger partial charge in [0.15, 0.2) is 11.6 Å². The van der Waals surface area contributed by atoms with Gasteiger partial charge in [-0.25, -0.2) is 8.78 Å². The second-order valence-corrected chi connectivity index (χ2v) is 11.6. The molecule has 34 heavy (non-hydrogen) atoms. The van der Waals surface area contributed by atoms with Gasteiger partial charge in [-0.15, -0.1) is 0 Å². The fourth-order valence-corrected chi connectivity index (χ4v) is 8.10. The number of carbonyl (C=O) groups is 2. The van der Waals surface area contributed by atoms with Gasteiger partial charge in [0.1, 0.15) is 18.0 Å². The number of carbonyl (C=O) groups excluding carboxylic acids is 2. The summed E-state index contributed by atoms with van der Waals surface area (Å²) in [7, 11) is 0. The average molecular weight is 473 g/mol. The summed E-state index contributed by atoms with van der Waals surface area (Å²) in [4.78, 5) is 31.2. The second kappa shape index (κ2) is 8.49. The Bertz CT molecular complexity index is 939. The molecule has 6 aliphatic rings. The number of hydrogen-bond acceptors (Lipinski definition) is 3. The highest BCUT2D eigenvalue weighted by molar-refractivity contribution is 5.91. The second-order valence-electron chi connectivity index (χ2n) is 11.6. The topological polar surface area (TPSA) is 49.9 Å². The Morgan fingerprint density at radius 3 is 2.18 bits per heavy atom. The molecule has 0 radical (unpaired) electrons. The standard InChI is InChI=1S/C27H34F2N2O3/c28-20-3-4-24(22(29)13-20)34-21-5-8-30(9-6-21)25(32)23-2-1-7-31(23)26(33)27-14-17-10-18(15-27)12-19(11-17)16-27/h3-4,13,17-19,21,23H,1-2,5-12,14-16H2. The van der Waals surface area contributed by atoms with Crippen LogP contribution in [0.2, 0.25) is 0 Å². The van der Waals surface area contributed by atoms with Crippen LogP contribution in [0.3, 0.4) is 0 Å². The Labute approximate surface area is 199 Å². The minimum absolute atomic E-state index is 0.0503. The molecule has 4 saturated carbocycles. The molecule has 1 aromatic rings.